The largest absolute Gasteiger partial charge is 0.233 e. The fourth-order valence-electron chi connectivity index (χ4n) is 1.02. The van der Waals surface area contributed by atoms with Crippen LogP contribution in [0.25, 0.3) is 6.08 Å². The molecule has 0 saturated heterocycles. The second-order valence-corrected chi connectivity index (χ2v) is 4.80. The smallest absolute Gasteiger partial charge is 0.212 e. The minimum atomic E-state index is -3.27. The van der Waals surface area contributed by atoms with Gasteiger partial charge in [-0.2, -0.15) is 0 Å². The van der Waals surface area contributed by atoms with E-state index in [4.69, 9.17) is 0 Å². The van der Waals surface area contributed by atoms with E-state index in [1.807, 2.05) is 37.3 Å². The van der Waals surface area contributed by atoms with Gasteiger partial charge in [-0.15, -0.1) is 0 Å². The molecule has 0 aliphatic heterocycles. The van der Waals surface area contributed by atoms with Gasteiger partial charge in [0.25, 0.3) is 0 Å². The quantitative estimate of drug-likeness (QED) is 0.833. The maximum absolute atomic E-state index is 11.4. The fraction of sp³-hybridized carbons (Fsp3) is 0.273. The van der Waals surface area contributed by atoms with Gasteiger partial charge >= 0.3 is 0 Å². The topological polar surface area (TPSA) is 46.2 Å². The Morgan fingerprint density at radius 2 is 1.93 bits per heavy atom. The van der Waals surface area contributed by atoms with Crippen molar-refractivity contribution in [3.8, 4) is 0 Å². The summed E-state index contributed by atoms with van der Waals surface area (Å²) in [6, 6.07) is 9.33. The molecular weight excluding hydrogens is 210 g/mol. The summed E-state index contributed by atoms with van der Waals surface area (Å²) in [5.41, 5.74) is 0.874. The molecule has 1 N–H and O–H groups in total. The lowest BCUT2D eigenvalue weighted by molar-refractivity contribution is 0.590. The summed E-state index contributed by atoms with van der Waals surface area (Å²) in [4.78, 5) is 0. The van der Waals surface area contributed by atoms with Crippen LogP contribution in [-0.4, -0.2) is 15.0 Å². The summed E-state index contributed by atoms with van der Waals surface area (Å²) < 4.78 is 25.2. The van der Waals surface area contributed by atoms with E-state index in [0.717, 1.165) is 12.0 Å². The van der Waals surface area contributed by atoms with Crippen LogP contribution in [0.2, 0.25) is 0 Å². The van der Waals surface area contributed by atoms with Gasteiger partial charge in [-0.25, -0.2) is 13.1 Å². The zero-order chi connectivity index (χ0) is 11.1. The number of sulfonamides is 1. The Balaban J connectivity index is 2.65. The van der Waals surface area contributed by atoms with Crippen molar-refractivity contribution in [2.75, 3.05) is 6.54 Å². The molecule has 0 aromatic heterocycles. The molecule has 0 atom stereocenters. The van der Waals surface area contributed by atoms with E-state index in [1.54, 1.807) is 6.08 Å². The van der Waals surface area contributed by atoms with Gasteiger partial charge in [0, 0.05) is 12.0 Å². The second kappa shape index (κ2) is 5.68. The Morgan fingerprint density at radius 3 is 2.53 bits per heavy atom. The van der Waals surface area contributed by atoms with Crippen LogP contribution in [0.15, 0.2) is 35.7 Å². The van der Waals surface area contributed by atoms with E-state index < -0.39 is 10.0 Å². The van der Waals surface area contributed by atoms with E-state index >= 15 is 0 Å². The monoisotopic (exact) mass is 225 g/mol. The van der Waals surface area contributed by atoms with Crippen LogP contribution < -0.4 is 4.72 Å². The summed E-state index contributed by atoms with van der Waals surface area (Å²) >= 11 is 0. The second-order valence-electron chi connectivity index (χ2n) is 3.15. The lowest BCUT2D eigenvalue weighted by Gasteiger charge is -1.99. The third kappa shape index (κ3) is 4.76. The van der Waals surface area contributed by atoms with Crippen LogP contribution in [0.3, 0.4) is 0 Å². The summed E-state index contributed by atoms with van der Waals surface area (Å²) in [5, 5.41) is 1.19. The minimum absolute atomic E-state index is 0.474. The molecule has 1 rings (SSSR count). The molecule has 0 aliphatic rings. The molecule has 15 heavy (non-hydrogen) atoms. The fourth-order valence-corrected chi connectivity index (χ4v) is 1.95. The van der Waals surface area contributed by atoms with Gasteiger partial charge in [-0.3, -0.25) is 0 Å². The van der Waals surface area contributed by atoms with E-state index in [-0.39, 0.29) is 0 Å². The highest BCUT2D eigenvalue weighted by Crippen LogP contribution is 2.02. The van der Waals surface area contributed by atoms with Crippen molar-refractivity contribution in [2.24, 2.45) is 0 Å². The average Bonchev–Trinajstić information content (AvgIpc) is 2.25. The van der Waals surface area contributed by atoms with Gasteiger partial charge < -0.3 is 0 Å². The van der Waals surface area contributed by atoms with Crippen LogP contribution in [-0.2, 0) is 10.0 Å². The molecule has 1 aromatic rings. The Hall–Kier alpha value is -1.13. The highest BCUT2D eigenvalue weighted by atomic mass is 32.2. The Labute approximate surface area is 90.9 Å². The minimum Gasteiger partial charge on any atom is -0.212 e. The van der Waals surface area contributed by atoms with E-state index in [1.165, 1.54) is 5.41 Å². The van der Waals surface area contributed by atoms with Crippen molar-refractivity contribution in [1.82, 2.24) is 4.72 Å². The van der Waals surface area contributed by atoms with Crippen LogP contribution in [0.4, 0.5) is 0 Å². The molecule has 4 heteroatoms. The Morgan fingerprint density at radius 1 is 1.27 bits per heavy atom. The molecule has 0 aliphatic carbocycles. The molecule has 1 aromatic carbocycles. The van der Waals surface area contributed by atoms with Crippen LogP contribution in [0, 0.1) is 0 Å². The maximum atomic E-state index is 11.4. The zero-order valence-corrected chi connectivity index (χ0v) is 9.50. The molecule has 0 amide bonds. The predicted molar refractivity (Wildman–Crippen MR) is 62.7 cm³/mol. The van der Waals surface area contributed by atoms with Crippen molar-refractivity contribution in [1.29, 1.82) is 0 Å². The first-order valence-electron chi connectivity index (χ1n) is 4.87. The molecule has 0 unspecified atom stereocenters. The van der Waals surface area contributed by atoms with Crippen molar-refractivity contribution in [3.63, 3.8) is 0 Å². The van der Waals surface area contributed by atoms with Gasteiger partial charge in [-0.05, 0) is 18.1 Å². The third-order valence-corrected chi connectivity index (χ3v) is 2.89. The number of hydrogen-bond donors (Lipinski definition) is 1. The molecule has 0 radical (unpaired) electrons. The number of hydrogen-bond acceptors (Lipinski definition) is 2. The predicted octanol–water partition coefficient (Wildman–Crippen LogP) is 1.99. The van der Waals surface area contributed by atoms with Gasteiger partial charge in [0.15, 0.2) is 0 Å². The van der Waals surface area contributed by atoms with Gasteiger partial charge in [-0.1, -0.05) is 37.3 Å². The van der Waals surface area contributed by atoms with E-state index in [2.05, 4.69) is 4.72 Å². The molecule has 0 heterocycles. The lowest BCUT2D eigenvalue weighted by Crippen LogP contribution is -2.21. The van der Waals surface area contributed by atoms with E-state index in [9.17, 15) is 8.42 Å². The standard InChI is InChI=1S/C11H15NO2S/c1-2-9-12-15(13,14)10-8-11-6-4-3-5-7-11/h3-8,10,12H,2,9H2,1H3. The number of rotatable bonds is 5. The molecule has 0 saturated carbocycles. The summed E-state index contributed by atoms with van der Waals surface area (Å²) in [7, 11) is -3.27. The van der Waals surface area contributed by atoms with Gasteiger partial charge in [0.2, 0.25) is 10.0 Å². The molecule has 0 spiro atoms. The van der Waals surface area contributed by atoms with Crippen molar-refractivity contribution < 1.29 is 8.42 Å². The van der Waals surface area contributed by atoms with Crippen LogP contribution in [0.1, 0.15) is 18.9 Å². The SMILES string of the molecule is CCCNS(=O)(=O)C=Cc1ccccc1. The Kier molecular flexibility index (Phi) is 4.52. The lowest BCUT2D eigenvalue weighted by atomic mass is 10.2. The Bertz CT molecular complexity index is 409. The van der Waals surface area contributed by atoms with Crippen molar-refractivity contribution in [2.45, 2.75) is 13.3 Å². The summed E-state index contributed by atoms with van der Waals surface area (Å²) in [5.74, 6) is 0. The summed E-state index contributed by atoms with van der Waals surface area (Å²) in [6.07, 6.45) is 2.37. The first-order chi connectivity index (χ1) is 7.14. The number of benzene rings is 1. The maximum Gasteiger partial charge on any atom is 0.233 e. The number of nitrogens with one attached hydrogen (secondary N) is 1. The van der Waals surface area contributed by atoms with Gasteiger partial charge in [0.05, 0.1) is 0 Å². The first-order valence-corrected chi connectivity index (χ1v) is 6.41. The highest BCUT2D eigenvalue weighted by Gasteiger charge is 2.01. The third-order valence-electron chi connectivity index (χ3n) is 1.79. The van der Waals surface area contributed by atoms with Crippen molar-refractivity contribution >= 4 is 16.1 Å². The molecular formula is C11H15NO2S. The first kappa shape index (κ1) is 11.9. The normalized spacial score (nSPS) is 12.1. The van der Waals surface area contributed by atoms with Crippen LogP contribution in [0.5, 0.6) is 0 Å². The zero-order valence-electron chi connectivity index (χ0n) is 8.68. The molecule has 82 valence electrons. The van der Waals surface area contributed by atoms with Gasteiger partial charge in [0.1, 0.15) is 0 Å². The summed E-state index contributed by atoms with van der Waals surface area (Å²) in [6.45, 7) is 2.39. The average molecular weight is 225 g/mol. The van der Waals surface area contributed by atoms with Crippen LogP contribution >= 0.6 is 0 Å². The molecule has 0 bridgehead atoms. The van der Waals surface area contributed by atoms with Crippen molar-refractivity contribution in [3.05, 3.63) is 41.3 Å². The molecule has 0 fully saturated rings. The van der Waals surface area contributed by atoms with E-state index in [0.29, 0.717) is 6.54 Å². The molecule has 3 nitrogen and oxygen atoms in total. The highest BCUT2D eigenvalue weighted by molar-refractivity contribution is 7.92.